The van der Waals surface area contributed by atoms with Gasteiger partial charge in [-0.2, -0.15) is 8.42 Å². The molecule has 0 spiro atoms. The zero-order valence-corrected chi connectivity index (χ0v) is 36.6. The minimum atomic E-state index is -6.23. The maximum Gasteiger partial charge on any atom is 3.00 e. The molecule has 21 unspecified atom stereocenters. The molecule has 9 rings (SSSR count). The zero-order chi connectivity index (χ0) is 40.6. The second-order valence-electron chi connectivity index (χ2n) is 18.1. The van der Waals surface area contributed by atoms with E-state index < -0.39 is 103 Å². The molecule has 9 aliphatic rings. The molecule has 0 aromatic rings. The minimum Gasteiger partial charge on any atom is -0.748 e. The Kier molecular flexibility index (Phi) is 12.3. The van der Waals surface area contributed by atoms with E-state index in [0.717, 1.165) is 64.2 Å². The number of halogens is 1. The van der Waals surface area contributed by atoms with Gasteiger partial charge >= 0.3 is 17.4 Å². The van der Waals surface area contributed by atoms with Crippen molar-refractivity contribution < 1.29 is 51.9 Å². The van der Waals surface area contributed by atoms with Crippen molar-refractivity contribution in [3.05, 3.63) is 0 Å². The molecular weight excluding hydrogens is 879 g/mol. The maximum atomic E-state index is 13.4. The van der Waals surface area contributed by atoms with E-state index in [2.05, 4.69) is 42.5 Å². The van der Waals surface area contributed by atoms with Gasteiger partial charge in [-0.1, -0.05) is 32.1 Å². The number of fused-ring (bicyclic) bond motifs is 20. The monoisotopic (exact) mass is 930 g/mol. The van der Waals surface area contributed by atoms with Crippen LogP contribution in [0, 0.1) is 47.3 Å². The summed E-state index contributed by atoms with van der Waals surface area (Å²) in [6.07, 6.45) is 4.94. The van der Waals surface area contributed by atoms with E-state index in [1.165, 1.54) is 0 Å². The summed E-state index contributed by atoms with van der Waals surface area (Å²) in [6, 6.07) is 0. The van der Waals surface area contributed by atoms with Crippen LogP contribution in [-0.4, -0.2) is 145 Å². The van der Waals surface area contributed by atoms with Crippen molar-refractivity contribution in [2.45, 2.75) is 146 Å². The van der Waals surface area contributed by atoms with Crippen LogP contribution < -0.4 is 42.5 Å². The Hall–Kier alpha value is 0.142. The van der Waals surface area contributed by atoms with Gasteiger partial charge in [0.2, 0.25) is 0 Å². The third kappa shape index (κ3) is 7.78. The quantitative estimate of drug-likeness (QED) is 0.0765. The third-order valence-corrected chi connectivity index (χ3v) is 21.5. The standard InChI is InChI=1S/C32H55ClN8O12S4.Al/c33-17-11-5-10-16-18(17)30-39-29(16)37-27-13-7-2-1-6-12(13)25(35-27)34-26-14-8-3-4-9-15(14)28(36-26)38-31-19-20(32(40-30)41-31)22(55(45,46)47)24(57(51,52)53)23(56(48,49)50)21(19)54(42,43)44;/h12-32,34-41H,1-11H2,(H,42,43,44)(H,45,46,47)(H,48,49,50)(H,51,52,53);/q;+3/p-3. The summed E-state index contributed by atoms with van der Waals surface area (Å²) in [5.41, 5.74) is 0. The first-order chi connectivity index (χ1) is 26.7. The molecule has 0 amide bonds. The van der Waals surface area contributed by atoms with Crippen molar-refractivity contribution in [1.82, 2.24) is 42.5 Å². The van der Waals surface area contributed by atoms with Gasteiger partial charge in [0, 0.05) is 23.1 Å². The molecule has 58 heavy (non-hydrogen) atoms. The first-order valence-electron chi connectivity index (χ1n) is 20.2. The van der Waals surface area contributed by atoms with Crippen molar-refractivity contribution in [3.8, 4) is 0 Å². The van der Waals surface area contributed by atoms with Crippen LogP contribution in [0.2, 0.25) is 0 Å². The molecular formula is C32H52AlClN8O12S4. The summed E-state index contributed by atoms with van der Waals surface area (Å²) in [6.45, 7) is 0. The van der Waals surface area contributed by atoms with Gasteiger partial charge in [0.1, 0.15) is 25.5 Å². The Labute approximate surface area is 355 Å². The Bertz CT molecular complexity index is 2030. The molecule has 20 nitrogen and oxygen atoms in total. The van der Waals surface area contributed by atoms with Gasteiger partial charge in [0.25, 0.3) is 10.1 Å². The van der Waals surface area contributed by atoms with Crippen LogP contribution in [0.25, 0.3) is 0 Å². The molecule has 0 aromatic carbocycles. The third-order valence-electron chi connectivity index (χ3n) is 15.4. The summed E-state index contributed by atoms with van der Waals surface area (Å²) < 4.78 is 155. The topological polar surface area (TPSA) is 322 Å². The summed E-state index contributed by atoms with van der Waals surface area (Å²) in [7, 11) is -24.2. The maximum absolute atomic E-state index is 13.4. The van der Waals surface area contributed by atoms with Crippen LogP contribution >= 0.6 is 11.6 Å². The van der Waals surface area contributed by atoms with Gasteiger partial charge in [-0.15, -0.1) is 11.6 Å². The van der Waals surface area contributed by atoms with Gasteiger partial charge < -0.3 is 13.7 Å². The van der Waals surface area contributed by atoms with E-state index in [1.54, 1.807) is 0 Å². The van der Waals surface area contributed by atoms with E-state index in [0.29, 0.717) is 18.3 Å². The molecule has 21 atom stereocenters. The van der Waals surface area contributed by atoms with Gasteiger partial charge in [0.05, 0.1) is 75.2 Å². The average molecular weight is 932 g/mol. The molecule has 0 aromatic heterocycles. The molecule has 326 valence electrons. The van der Waals surface area contributed by atoms with E-state index in [-0.39, 0.29) is 65.7 Å². The molecule has 9 fully saturated rings. The fourth-order valence-electron chi connectivity index (χ4n) is 13.4. The molecule has 4 saturated carbocycles. The average Bonchev–Trinajstić information content (AvgIpc) is 3.85. The molecule has 5 heterocycles. The van der Waals surface area contributed by atoms with Gasteiger partial charge in [-0.3, -0.25) is 47.1 Å². The Balaban J connectivity index is 0.00000469. The van der Waals surface area contributed by atoms with Gasteiger partial charge in [0.15, 0.2) is 0 Å². The van der Waals surface area contributed by atoms with Crippen molar-refractivity contribution in [3.63, 3.8) is 0 Å². The summed E-state index contributed by atoms with van der Waals surface area (Å²) in [5.74, 6) is -3.59. The van der Waals surface area contributed by atoms with Crippen LogP contribution in [0.15, 0.2) is 0 Å². The molecule has 9 N–H and O–H groups in total. The first kappa shape index (κ1) is 44.7. The van der Waals surface area contributed by atoms with E-state index in [4.69, 9.17) is 11.6 Å². The first-order valence-corrected chi connectivity index (χ1v) is 26.6. The summed E-state index contributed by atoms with van der Waals surface area (Å²) in [4.78, 5) is 0. The van der Waals surface area contributed by atoms with E-state index in [1.807, 2.05) is 0 Å². The number of alkyl halides is 1. The van der Waals surface area contributed by atoms with Crippen LogP contribution in [-0.2, 0) is 40.5 Å². The largest absolute Gasteiger partial charge is 3.00 e. The van der Waals surface area contributed by atoms with Crippen molar-refractivity contribution >= 4 is 69.4 Å². The second kappa shape index (κ2) is 16.0. The SMILES string of the molecule is O=S(=O)([O-])C1C2C3NC4NC(NC5NC(NC6NC(NC(N3)C2C(S(=O)(=O)O)C(S(=O)(=O)[O-])C1S(=O)(=O)[O-])C1CCCCC61)C1CCCCC51)C1CCCC(Cl)C41.[Al+3]. The normalized spacial score (nSPS) is 50.8. The Morgan fingerprint density at radius 1 is 0.397 bits per heavy atom. The molecule has 5 aliphatic heterocycles. The Morgan fingerprint density at radius 3 is 1.07 bits per heavy atom. The zero-order valence-electron chi connectivity index (χ0n) is 31.4. The summed E-state index contributed by atoms with van der Waals surface area (Å²) in [5, 5.41) is 15.8. The van der Waals surface area contributed by atoms with Gasteiger partial charge in [-0.25, -0.2) is 25.3 Å². The molecule has 26 heteroatoms. The van der Waals surface area contributed by atoms with Crippen molar-refractivity contribution in [1.29, 1.82) is 0 Å². The van der Waals surface area contributed by atoms with Gasteiger partial charge in [-0.05, 0) is 68.1 Å². The molecule has 8 bridgehead atoms. The fraction of sp³-hybridized carbons (Fsp3) is 1.00. The fourth-order valence-corrected chi connectivity index (χ4v) is 21.0. The smallest absolute Gasteiger partial charge is 0.748 e. The summed E-state index contributed by atoms with van der Waals surface area (Å²) >= 11 is 7.05. The van der Waals surface area contributed by atoms with Crippen LogP contribution in [0.4, 0.5) is 0 Å². The Morgan fingerprint density at radius 2 is 0.690 bits per heavy atom. The number of rotatable bonds is 4. The predicted molar refractivity (Wildman–Crippen MR) is 205 cm³/mol. The number of hydrogen-bond acceptors (Lipinski definition) is 19. The van der Waals surface area contributed by atoms with E-state index in [9.17, 15) is 51.9 Å². The van der Waals surface area contributed by atoms with Crippen LogP contribution in [0.5, 0.6) is 0 Å². The molecule has 0 radical (unpaired) electrons. The second-order valence-corrected chi connectivity index (χ2v) is 24.8. The predicted octanol–water partition coefficient (Wildman–Crippen LogP) is -3.12. The van der Waals surface area contributed by atoms with Crippen LogP contribution in [0.3, 0.4) is 0 Å². The molecule has 5 saturated heterocycles. The van der Waals surface area contributed by atoms with E-state index >= 15 is 0 Å². The minimum absolute atomic E-state index is 0. The van der Waals surface area contributed by atoms with Crippen molar-refractivity contribution in [2.24, 2.45) is 47.3 Å². The molecule has 4 aliphatic carbocycles. The van der Waals surface area contributed by atoms with Crippen molar-refractivity contribution in [2.75, 3.05) is 0 Å². The number of nitrogens with one attached hydrogen (secondary N) is 8. The van der Waals surface area contributed by atoms with Crippen LogP contribution in [0.1, 0.15) is 70.6 Å². The number of hydrogen-bond donors (Lipinski definition) is 9.